The summed E-state index contributed by atoms with van der Waals surface area (Å²) in [6.45, 7) is 5.14. The van der Waals surface area contributed by atoms with Crippen LogP contribution >= 0.6 is 0 Å². The van der Waals surface area contributed by atoms with Crippen molar-refractivity contribution in [2.75, 3.05) is 6.61 Å². The van der Waals surface area contributed by atoms with Crippen molar-refractivity contribution in [2.45, 2.75) is 39.7 Å². The van der Waals surface area contributed by atoms with E-state index >= 15 is 0 Å². The predicted octanol–water partition coefficient (Wildman–Crippen LogP) is 2.51. The molecule has 0 saturated heterocycles. The first-order valence-corrected chi connectivity index (χ1v) is 7.75. The molecule has 0 heterocycles. The Morgan fingerprint density at radius 2 is 2.05 bits per heavy atom. The Morgan fingerprint density at radius 3 is 2.59 bits per heavy atom. The van der Waals surface area contributed by atoms with Crippen molar-refractivity contribution in [1.82, 2.24) is 5.32 Å². The zero-order valence-electron chi connectivity index (χ0n) is 13.1. The van der Waals surface area contributed by atoms with Gasteiger partial charge in [-0.05, 0) is 49.4 Å². The zero-order chi connectivity index (χ0) is 16.1. The van der Waals surface area contributed by atoms with Gasteiger partial charge in [-0.25, -0.2) is 0 Å². The van der Waals surface area contributed by atoms with E-state index in [0.717, 1.165) is 23.3 Å². The number of hydrogen-bond acceptors (Lipinski definition) is 3. The lowest BCUT2D eigenvalue weighted by molar-refractivity contribution is -0.152. The van der Waals surface area contributed by atoms with Gasteiger partial charge in [-0.1, -0.05) is 13.0 Å². The summed E-state index contributed by atoms with van der Waals surface area (Å²) in [7, 11) is 0. The second-order valence-electron chi connectivity index (χ2n) is 5.78. The maximum absolute atomic E-state index is 12.0. The minimum atomic E-state index is -0.875. The highest BCUT2D eigenvalue weighted by atomic mass is 16.5. The van der Waals surface area contributed by atoms with Gasteiger partial charge in [0.15, 0.2) is 0 Å². The molecule has 1 aromatic carbocycles. The number of carbonyl (C=O) groups excluding carboxylic acids is 1. The number of carboxylic acid groups (broad SMARTS) is 1. The van der Waals surface area contributed by atoms with Crippen molar-refractivity contribution in [3.63, 3.8) is 0 Å². The molecule has 120 valence electrons. The van der Waals surface area contributed by atoms with E-state index in [0.29, 0.717) is 26.0 Å². The van der Waals surface area contributed by atoms with Gasteiger partial charge in [0.2, 0.25) is 5.91 Å². The van der Waals surface area contributed by atoms with Gasteiger partial charge >= 0.3 is 5.97 Å². The molecule has 1 aromatic rings. The Kier molecular flexibility index (Phi) is 5.41. The first-order chi connectivity index (χ1) is 10.5. The SMILES string of the molecule is CCCOc1ccc(CNC(=O)C2CCC2C(=O)O)c(C)c1. The van der Waals surface area contributed by atoms with Gasteiger partial charge in [0.05, 0.1) is 18.4 Å². The van der Waals surface area contributed by atoms with Crippen molar-refractivity contribution in [3.8, 4) is 5.75 Å². The Hall–Kier alpha value is -2.04. The fraction of sp³-hybridized carbons (Fsp3) is 0.529. The molecule has 1 aliphatic carbocycles. The van der Waals surface area contributed by atoms with Crippen LogP contribution in [0.15, 0.2) is 18.2 Å². The number of aliphatic carboxylic acids is 1. The maximum atomic E-state index is 12.0. The molecular formula is C17H23NO4. The van der Waals surface area contributed by atoms with Crippen molar-refractivity contribution < 1.29 is 19.4 Å². The maximum Gasteiger partial charge on any atom is 0.307 e. The van der Waals surface area contributed by atoms with E-state index in [1.807, 2.05) is 25.1 Å². The summed E-state index contributed by atoms with van der Waals surface area (Å²) in [5, 5.41) is 11.8. The summed E-state index contributed by atoms with van der Waals surface area (Å²) in [4.78, 5) is 23.0. The van der Waals surface area contributed by atoms with Crippen LogP contribution in [0.25, 0.3) is 0 Å². The van der Waals surface area contributed by atoms with Gasteiger partial charge in [0, 0.05) is 6.54 Å². The molecule has 5 nitrogen and oxygen atoms in total. The second kappa shape index (κ2) is 7.29. The molecule has 1 saturated carbocycles. The highest BCUT2D eigenvalue weighted by Gasteiger charge is 2.41. The van der Waals surface area contributed by atoms with Crippen molar-refractivity contribution in [1.29, 1.82) is 0 Å². The molecule has 1 amide bonds. The number of carboxylic acids is 1. The Balaban J connectivity index is 1.89. The lowest BCUT2D eigenvalue weighted by Crippen LogP contribution is -2.43. The summed E-state index contributed by atoms with van der Waals surface area (Å²) < 4.78 is 5.57. The lowest BCUT2D eigenvalue weighted by atomic mass is 9.73. The van der Waals surface area contributed by atoms with Gasteiger partial charge in [-0.3, -0.25) is 9.59 Å². The molecule has 2 N–H and O–H groups in total. The van der Waals surface area contributed by atoms with Crippen LogP contribution in [-0.2, 0) is 16.1 Å². The number of amides is 1. The van der Waals surface area contributed by atoms with E-state index < -0.39 is 11.9 Å². The van der Waals surface area contributed by atoms with E-state index in [4.69, 9.17) is 9.84 Å². The molecule has 0 aliphatic heterocycles. The van der Waals surface area contributed by atoms with Crippen molar-refractivity contribution >= 4 is 11.9 Å². The van der Waals surface area contributed by atoms with E-state index in [1.165, 1.54) is 0 Å². The zero-order valence-corrected chi connectivity index (χ0v) is 13.1. The number of benzene rings is 1. The highest BCUT2D eigenvalue weighted by molar-refractivity contribution is 5.86. The van der Waals surface area contributed by atoms with E-state index in [1.54, 1.807) is 0 Å². The minimum absolute atomic E-state index is 0.163. The average molecular weight is 305 g/mol. The third-order valence-electron chi connectivity index (χ3n) is 4.17. The number of nitrogens with one attached hydrogen (secondary N) is 1. The largest absolute Gasteiger partial charge is 0.494 e. The number of hydrogen-bond donors (Lipinski definition) is 2. The van der Waals surface area contributed by atoms with E-state index in [-0.39, 0.29) is 11.8 Å². The summed E-state index contributed by atoms with van der Waals surface area (Å²) in [5.41, 5.74) is 2.07. The molecule has 1 fully saturated rings. The smallest absolute Gasteiger partial charge is 0.307 e. The molecule has 5 heteroatoms. The molecule has 22 heavy (non-hydrogen) atoms. The molecule has 0 spiro atoms. The first-order valence-electron chi connectivity index (χ1n) is 7.75. The van der Waals surface area contributed by atoms with E-state index in [9.17, 15) is 9.59 Å². The average Bonchev–Trinajstić information content (AvgIpc) is 2.42. The first kappa shape index (κ1) is 16.3. The summed E-state index contributed by atoms with van der Waals surface area (Å²) in [6, 6.07) is 5.80. The Morgan fingerprint density at radius 1 is 1.32 bits per heavy atom. The topological polar surface area (TPSA) is 75.6 Å². The monoisotopic (exact) mass is 305 g/mol. The highest BCUT2D eigenvalue weighted by Crippen LogP contribution is 2.34. The van der Waals surface area contributed by atoms with Crippen LogP contribution in [0, 0.1) is 18.8 Å². The normalized spacial score (nSPS) is 20.1. The number of aryl methyl sites for hydroxylation is 1. The minimum Gasteiger partial charge on any atom is -0.494 e. The molecule has 0 bridgehead atoms. The predicted molar refractivity (Wildman–Crippen MR) is 82.7 cm³/mol. The second-order valence-corrected chi connectivity index (χ2v) is 5.78. The fourth-order valence-electron chi connectivity index (χ4n) is 2.60. The molecule has 2 unspecified atom stereocenters. The molecule has 1 aliphatic rings. The number of carbonyl (C=O) groups is 2. The molecule has 2 atom stereocenters. The van der Waals surface area contributed by atoms with Crippen LogP contribution in [-0.4, -0.2) is 23.6 Å². The third kappa shape index (κ3) is 3.78. The summed E-state index contributed by atoms with van der Waals surface area (Å²) >= 11 is 0. The van der Waals surface area contributed by atoms with Crippen LogP contribution in [0.4, 0.5) is 0 Å². The van der Waals surface area contributed by atoms with Gasteiger partial charge in [-0.2, -0.15) is 0 Å². The summed E-state index contributed by atoms with van der Waals surface area (Å²) in [6.07, 6.45) is 2.21. The lowest BCUT2D eigenvalue weighted by Gasteiger charge is -2.32. The van der Waals surface area contributed by atoms with E-state index in [2.05, 4.69) is 12.2 Å². The van der Waals surface area contributed by atoms with Gasteiger partial charge in [0.25, 0.3) is 0 Å². The van der Waals surface area contributed by atoms with Crippen LogP contribution in [0.1, 0.15) is 37.3 Å². The summed E-state index contributed by atoms with van der Waals surface area (Å²) in [5.74, 6) is -1.11. The van der Waals surface area contributed by atoms with Crippen LogP contribution < -0.4 is 10.1 Å². The van der Waals surface area contributed by atoms with Gasteiger partial charge in [0.1, 0.15) is 5.75 Å². The fourth-order valence-corrected chi connectivity index (χ4v) is 2.60. The molecule has 0 radical (unpaired) electrons. The quantitative estimate of drug-likeness (QED) is 0.811. The Bertz CT molecular complexity index is 556. The Labute approximate surface area is 130 Å². The van der Waals surface area contributed by atoms with Crippen molar-refractivity contribution in [3.05, 3.63) is 29.3 Å². The van der Waals surface area contributed by atoms with Crippen molar-refractivity contribution in [2.24, 2.45) is 11.8 Å². The standard InChI is InChI=1S/C17H23NO4/c1-3-8-22-13-5-4-12(11(2)9-13)10-18-16(19)14-6-7-15(14)17(20)21/h4-5,9,14-15H,3,6-8,10H2,1-2H3,(H,18,19)(H,20,21). The number of rotatable bonds is 7. The van der Waals surface area contributed by atoms with Crippen LogP contribution in [0.3, 0.4) is 0 Å². The molecular weight excluding hydrogens is 282 g/mol. The van der Waals surface area contributed by atoms with Crippen LogP contribution in [0.2, 0.25) is 0 Å². The third-order valence-corrected chi connectivity index (χ3v) is 4.17. The molecule has 2 rings (SSSR count). The van der Waals surface area contributed by atoms with Crippen LogP contribution in [0.5, 0.6) is 5.75 Å². The van der Waals surface area contributed by atoms with Gasteiger partial charge < -0.3 is 15.2 Å². The van der Waals surface area contributed by atoms with Gasteiger partial charge in [-0.15, -0.1) is 0 Å². The molecule has 0 aromatic heterocycles. The number of ether oxygens (including phenoxy) is 1.